The zero-order valence-corrected chi connectivity index (χ0v) is 20.3. The van der Waals surface area contributed by atoms with Gasteiger partial charge in [-0.15, -0.1) is 0 Å². The van der Waals surface area contributed by atoms with E-state index in [1.807, 2.05) is 18.2 Å². The highest BCUT2D eigenvalue weighted by Gasteiger charge is 2.36. The first-order chi connectivity index (χ1) is 18.1. The van der Waals surface area contributed by atoms with Gasteiger partial charge >= 0.3 is 5.97 Å². The molecule has 0 atom stereocenters. The highest BCUT2D eigenvalue weighted by Crippen LogP contribution is 2.41. The van der Waals surface area contributed by atoms with Crippen molar-refractivity contribution in [3.05, 3.63) is 78.3 Å². The lowest BCUT2D eigenvalue weighted by Crippen LogP contribution is -2.45. The summed E-state index contributed by atoms with van der Waals surface area (Å²) in [6.45, 7) is 1.19. The van der Waals surface area contributed by atoms with Gasteiger partial charge in [-0.05, 0) is 49.2 Å². The Bertz CT molecular complexity index is 1480. The number of ether oxygens (including phenoxy) is 3. The number of hydrogen-bond acceptors (Lipinski definition) is 8. The molecule has 0 radical (unpaired) electrons. The molecule has 2 aromatic carbocycles. The van der Waals surface area contributed by atoms with Gasteiger partial charge in [0.05, 0.1) is 11.4 Å². The molecule has 2 aromatic heterocycles. The minimum atomic E-state index is -0.568. The van der Waals surface area contributed by atoms with Gasteiger partial charge in [-0.1, -0.05) is 12.1 Å². The van der Waals surface area contributed by atoms with Crippen LogP contribution in [0.15, 0.2) is 71.6 Å². The van der Waals surface area contributed by atoms with Crippen LogP contribution in [0.2, 0.25) is 0 Å². The highest BCUT2D eigenvalue weighted by atomic mass is 16.7. The van der Waals surface area contributed by atoms with Gasteiger partial charge in [-0.25, -0.2) is 4.79 Å². The van der Waals surface area contributed by atoms with Gasteiger partial charge in [0.15, 0.2) is 6.79 Å². The van der Waals surface area contributed by atoms with E-state index in [9.17, 15) is 9.59 Å². The molecule has 2 aliphatic rings. The summed E-state index contributed by atoms with van der Waals surface area (Å²) in [5.74, 6) is 0.0584. The van der Waals surface area contributed by atoms with Crippen LogP contribution < -0.4 is 14.5 Å². The van der Waals surface area contributed by atoms with Crippen molar-refractivity contribution in [1.29, 1.82) is 0 Å². The monoisotopic (exact) mass is 499 g/mol. The molecule has 0 saturated heterocycles. The molecule has 9 heteroatoms. The van der Waals surface area contributed by atoms with Crippen molar-refractivity contribution in [3.63, 3.8) is 0 Å². The number of pyridine rings is 1. The molecule has 0 spiro atoms. The summed E-state index contributed by atoms with van der Waals surface area (Å²) in [5, 5.41) is 0.533. The van der Waals surface area contributed by atoms with Gasteiger partial charge in [-0.3, -0.25) is 9.78 Å². The number of furan rings is 1. The first kappa shape index (κ1) is 23.1. The molecule has 4 aromatic rings. The van der Waals surface area contributed by atoms with Crippen molar-refractivity contribution in [2.45, 2.75) is 18.9 Å². The van der Waals surface area contributed by atoms with Crippen LogP contribution in [-0.4, -0.2) is 49.9 Å². The molecule has 1 aliphatic heterocycles. The third-order valence-corrected chi connectivity index (χ3v) is 6.59. The summed E-state index contributed by atoms with van der Waals surface area (Å²) in [4.78, 5) is 34.5. The van der Waals surface area contributed by atoms with E-state index in [-0.39, 0.29) is 18.3 Å². The average molecular weight is 500 g/mol. The third-order valence-electron chi connectivity index (χ3n) is 6.59. The fourth-order valence-corrected chi connectivity index (χ4v) is 4.68. The van der Waals surface area contributed by atoms with Crippen LogP contribution in [0.25, 0.3) is 11.0 Å². The Labute approximate surface area is 213 Å². The van der Waals surface area contributed by atoms with E-state index in [1.54, 1.807) is 35.4 Å². The maximum Gasteiger partial charge on any atom is 0.344 e. The van der Waals surface area contributed by atoms with Crippen molar-refractivity contribution in [3.8, 4) is 11.5 Å². The minimum Gasteiger partial charge on any atom is -0.463 e. The minimum absolute atomic E-state index is 0.164. The number of amides is 1. The lowest BCUT2D eigenvalue weighted by molar-refractivity contribution is -0.0124. The summed E-state index contributed by atoms with van der Waals surface area (Å²) in [6.07, 6.45) is 6.82. The van der Waals surface area contributed by atoms with E-state index in [0.29, 0.717) is 40.6 Å². The molecule has 0 unspecified atom stereocenters. The highest BCUT2D eigenvalue weighted by molar-refractivity contribution is 6.10. The fourth-order valence-electron chi connectivity index (χ4n) is 4.68. The number of para-hydroxylation sites is 2. The second-order valence-electron chi connectivity index (χ2n) is 8.99. The molecule has 0 N–H and O–H groups in total. The summed E-state index contributed by atoms with van der Waals surface area (Å²) in [7, 11) is 1.44. The predicted octanol–water partition coefficient (Wildman–Crippen LogP) is 5.01. The normalized spacial score (nSPS) is 14.9. The topological polar surface area (TPSA) is 94.3 Å². The Kier molecular flexibility index (Phi) is 5.97. The summed E-state index contributed by atoms with van der Waals surface area (Å²) in [6, 6.07) is 15.3. The predicted molar refractivity (Wildman–Crippen MR) is 136 cm³/mol. The Morgan fingerprint density at radius 1 is 1.05 bits per heavy atom. The number of carbonyl (C=O) groups excluding carboxylic acids is 2. The molecule has 6 rings (SSSR count). The first-order valence-corrected chi connectivity index (χ1v) is 12.1. The summed E-state index contributed by atoms with van der Waals surface area (Å²) < 4.78 is 21.5. The zero-order valence-electron chi connectivity index (χ0n) is 20.3. The fraction of sp³-hybridized carbons (Fsp3) is 0.250. The summed E-state index contributed by atoms with van der Waals surface area (Å²) >= 11 is 0. The number of rotatable bonds is 7. The van der Waals surface area contributed by atoms with E-state index in [0.717, 1.165) is 17.9 Å². The molecule has 1 saturated carbocycles. The Balaban J connectivity index is 1.29. The lowest BCUT2D eigenvalue weighted by Gasteiger charge is -2.38. The SMILES string of the molecule is COCOC(=O)c1coc2ccc(Oc3ccncc3C(=O)N3CCN(C4CC4)c4ccccc43)cc12. The molecule has 1 amide bonds. The molecule has 9 nitrogen and oxygen atoms in total. The maximum absolute atomic E-state index is 13.8. The van der Waals surface area contributed by atoms with Gasteiger partial charge in [0.2, 0.25) is 0 Å². The smallest absolute Gasteiger partial charge is 0.344 e. The molecule has 37 heavy (non-hydrogen) atoms. The van der Waals surface area contributed by atoms with Crippen LogP contribution >= 0.6 is 0 Å². The molecule has 1 fully saturated rings. The number of anilines is 2. The van der Waals surface area contributed by atoms with Gasteiger partial charge in [-0.2, -0.15) is 0 Å². The Hall–Kier alpha value is -4.37. The van der Waals surface area contributed by atoms with E-state index >= 15 is 0 Å². The second-order valence-corrected chi connectivity index (χ2v) is 8.99. The number of carbonyl (C=O) groups is 2. The quantitative estimate of drug-likeness (QED) is 0.259. The molecule has 3 heterocycles. The van der Waals surface area contributed by atoms with Gasteiger partial charge in [0.25, 0.3) is 5.91 Å². The van der Waals surface area contributed by atoms with E-state index in [2.05, 4.69) is 16.0 Å². The number of esters is 1. The number of methoxy groups -OCH3 is 1. The third kappa shape index (κ3) is 4.38. The van der Waals surface area contributed by atoms with Crippen LogP contribution in [0.5, 0.6) is 11.5 Å². The van der Waals surface area contributed by atoms with Gasteiger partial charge in [0, 0.05) is 44.0 Å². The van der Waals surface area contributed by atoms with Crippen molar-refractivity contribution >= 4 is 34.2 Å². The number of aromatic nitrogens is 1. The number of hydrogen-bond donors (Lipinski definition) is 0. The van der Waals surface area contributed by atoms with Crippen LogP contribution in [0, 0.1) is 0 Å². The van der Waals surface area contributed by atoms with E-state index < -0.39 is 5.97 Å². The molecular formula is C28H25N3O6. The van der Waals surface area contributed by atoms with Crippen molar-refractivity contribution in [2.24, 2.45) is 0 Å². The van der Waals surface area contributed by atoms with Crippen molar-refractivity contribution < 1.29 is 28.2 Å². The van der Waals surface area contributed by atoms with Crippen LogP contribution in [-0.2, 0) is 9.47 Å². The Morgan fingerprint density at radius 2 is 1.89 bits per heavy atom. The molecular weight excluding hydrogens is 474 g/mol. The molecule has 1 aliphatic carbocycles. The number of nitrogens with zero attached hydrogens (tertiary/aromatic N) is 3. The van der Waals surface area contributed by atoms with Crippen LogP contribution in [0.1, 0.15) is 33.6 Å². The van der Waals surface area contributed by atoms with E-state index in [1.165, 1.54) is 32.4 Å². The molecule has 0 bridgehead atoms. The summed E-state index contributed by atoms with van der Waals surface area (Å²) in [5.41, 5.74) is 3.08. The Morgan fingerprint density at radius 3 is 2.70 bits per heavy atom. The van der Waals surface area contributed by atoms with Crippen LogP contribution in [0.4, 0.5) is 11.4 Å². The van der Waals surface area contributed by atoms with Crippen LogP contribution in [0.3, 0.4) is 0 Å². The van der Waals surface area contributed by atoms with Gasteiger partial charge in [0.1, 0.15) is 34.5 Å². The first-order valence-electron chi connectivity index (χ1n) is 12.1. The standard InChI is InChI=1S/C28H25N3O6/c1-34-17-36-28(33)22-16-35-25-9-8-19(14-20(22)25)37-26-10-11-29-15-21(26)27(32)31-13-12-30(18-6-7-18)23-4-2-3-5-24(23)31/h2-5,8-11,14-16,18H,6-7,12-13,17H2,1H3. The average Bonchev–Trinajstić information content (AvgIpc) is 3.69. The number of fused-ring (bicyclic) bond motifs is 2. The van der Waals surface area contributed by atoms with E-state index in [4.69, 9.17) is 18.6 Å². The molecule has 188 valence electrons. The largest absolute Gasteiger partial charge is 0.463 e. The van der Waals surface area contributed by atoms with Crippen molar-refractivity contribution in [1.82, 2.24) is 4.98 Å². The number of benzene rings is 2. The van der Waals surface area contributed by atoms with Crippen molar-refractivity contribution in [2.75, 3.05) is 36.8 Å². The zero-order chi connectivity index (χ0) is 25.4. The maximum atomic E-state index is 13.8. The second kappa shape index (κ2) is 9.59. The lowest BCUT2D eigenvalue weighted by atomic mass is 10.1. The van der Waals surface area contributed by atoms with Gasteiger partial charge < -0.3 is 28.4 Å².